The summed E-state index contributed by atoms with van der Waals surface area (Å²) in [4.78, 5) is 0. The molecule has 0 atom stereocenters. The van der Waals surface area contributed by atoms with E-state index in [0.717, 1.165) is 31.2 Å². The maximum Gasteiger partial charge on any atom is 0.432 e. The molecule has 234 valence electrons. The second-order valence-corrected chi connectivity index (χ2v) is 11.0. The minimum Gasteiger partial charge on any atom is -0.488 e. The third-order valence-corrected chi connectivity index (χ3v) is 7.91. The minimum absolute atomic E-state index is 0.155. The third-order valence-electron chi connectivity index (χ3n) is 7.91. The van der Waals surface area contributed by atoms with Gasteiger partial charge in [-0.1, -0.05) is 44.7 Å². The number of hydrogen-bond donors (Lipinski definition) is 0. The molecule has 0 saturated heterocycles. The van der Waals surface area contributed by atoms with Crippen LogP contribution in [-0.2, 0) is 6.11 Å². The van der Waals surface area contributed by atoms with Crippen LogP contribution in [0.5, 0.6) is 11.5 Å². The van der Waals surface area contributed by atoms with Crippen LogP contribution >= 0.6 is 0 Å². The molecule has 10 heteroatoms. The molecule has 1 saturated carbocycles. The van der Waals surface area contributed by atoms with Gasteiger partial charge in [-0.25, -0.2) is 22.0 Å². The molecular weight excluding hydrogens is 580 g/mol. The van der Waals surface area contributed by atoms with Crippen molar-refractivity contribution in [3.05, 3.63) is 82.7 Å². The quantitative estimate of drug-likeness (QED) is 0.141. The van der Waals surface area contributed by atoms with E-state index in [0.29, 0.717) is 30.2 Å². The zero-order valence-corrected chi connectivity index (χ0v) is 23.8. The van der Waals surface area contributed by atoms with Crippen LogP contribution in [0, 0.1) is 35.0 Å². The zero-order chi connectivity index (χ0) is 31.1. The molecule has 4 rings (SSSR count). The zero-order valence-electron chi connectivity index (χ0n) is 23.8. The van der Waals surface area contributed by atoms with Crippen molar-refractivity contribution in [1.29, 1.82) is 0 Å². The molecule has 0 aliphatic heterocycles. The largest absolute Gasteiger partial charge is 0.488 e. The van der Waals surface area contributed by atoms with Gasteiger partial charge in [0, 0.05) is 24.1 Å². The van der Waals surface area contributed by atoms with Gasteiger partial charge in [-0.2, -0.15) is 8.78 Å². The van der Waals surface area contributed by atoms with Gasteiger partial charge in [-0.3, -0.25) is 4.39 Å². The summed E-state index contributed by atoms with van der Waals surface area (Å²) in [7, 11) is 0. The van der Waals surface area contributed by atoms with Crippen molar-refractivity contribution in [2.24, 2.45) is 5.92 Å². The van der Waals surface area contributed by atoms with Crippen LogP contribution in [0.3, 0.4) is 0 Å². The topological polar surface area (TPSA) is 18.5 Å². The molecule has 0 unspecified atom stereocenters. The first-order chi connectivity index (χ1) is 20.5. The van der Waals surface area contributed by atoms with Gasteiger partial charge in [0.25, 0.3) is 0 Å². The maximum atomic E-state index is 15.1. The smallest absolute Gasteiger partial charge is 0.432 e. The van der Waals surface area contributed by atoms with E-state index >= 15 is 4.39 Å². The Bertz CT molecular complexity index is 1340. The summed E-state index contributed by atoms with van der Waals surface area (Å²) >= 11 is 0. The number of ether oxygens (including phenoxy) is 2. The molecule has 2 nitrogen and oxygen atoms in total. The van der Waals surface area contributed by atoms with Crippen molar-refractivity contribution >= 4 is 0 Å². The molecule has 1 aliphatic carbocycles. The summed E-state index contributed by atoms with van der Waals surface area (Å²) in [6.07, 6.45) is 3.91. The van der Waals surface area contributed by atoms with Crippen molar-refractivity contribution in [1.82, 2.24) is 0 Å². The number of alkyl halides is 3. The Balaban J connectivity index is 1.49. The summed E-state index contributed by atoms with van der Waals surface area (Å²) in [5.41, 5.74) is -1.50. The first-order valence-electron chi connectivity index (χ1n) is 14.6. The highest BCUT2D eigenvalue weighted by Gasteiger charge is 2.41. The fraction of sp³-hybridized carbons (Fsp3) is 0.455. The van der Waals surface area contributed by atoms with Gasteiger partial charge in [0.2, 0.25) is 0 Å². The summed E-state index contributed by atoms with van der Waals surface area (Å²) in [6, 6.07) is 6.20. The molecule has 0 amide bonds. The third kappa shape index (κ3) is 8.00. The number of halogens is 8. The first-order valence-corrected chi connectivity index (χ1v) is 14.6. The highest BCUT2D eigenvalue weighted by Crippen LogP contribution is 2.41. The average molecular weight is 615 g/mol. The number of hydrogen-bond acceptors (Lipinski definition) is 2. The van der Waals surface area contributed by atoms with Crippen LogP contribution in [-0.4, -0.2) is 13.3 Å². The van der Waals surface area contributed by atoms with Crippen molar-refractivity contribution in [2.75, 3.05) is 13.3 Å². The van der Waals surface area contributed by atoms with Gasteiger partial charge in [0.15, 0.2) is 17.4 Å². The van der Waals surface area contributed by atoms with Crippen molar-refractivity contribution < 1.29 is 44.6 Å². The molecule has 0 spiro atoms. The van der Waals surface area contributed by atoms with E-state index in [-0.39, 0.29) is 30.1 Å². The molecule has 0 N–H and O–H groups in total. The average Bonchev–Trinajstić information content (AvgIpc) is 2.94. The second-order valence-electron chi connectivity index (χ2n) is 11.0. The normalized spacial score (nSPS) is 17.2. The Morgan fingerprint density at radius 3 is 2.00 bits per heavy atom. The van der Waals surface area contributed by atoms with E-state index in [1.807, 2.05) is 0 Å². The summed E-state index contributed by atoms with van der Waals surface area (Å²) in [6.45, 7) is 0.999. The van der Waals surface area contributed by atoms with Gasteiger partial charge in [-0.05, 0) is 66.8 Å². The maximum absolute atomic E-state index is 15.1. The fourth-order valence-corrected chi connectivity index (χ4v) is 5.65. The lowest BCUT2D eigenvalue weighted by molar-refractivity contribution is -0.189. The minimum atomic E-state index is -4.69. The van der Waals surface area contributed by atoms with E-state index in [1.54, 1.807) is 6.07 Å². The van der Waals surface area contributed by atoms with Gasteiger partial charge >= 0.3 is 6.11 Å². The predicted octanol–water partition coefficient (Wildman–Crippen LogP) is 10.8. The molecule has 1 aliphatic rings. The lowest BCUT2D eigenvalue weighted by atomic mass is 9.77. The second kappa shape index (κ2) is 14.4. The molecule has 3 aromatic rings. The van der Waals surface area contributed by atoms with Crippen molar-refractivity contribution in [3.8, 4) is 22.6 Å². The van der Waals surface area contributed by atoms with Crippen LogP contribution in [0.1, 0.15) is 81.8 Å². The monoisotopic (exact) mass is 614 g/mol. The van der Waals surface area contributed by atoms with Crippen LogP contribution in [0.25, 0.3) is 11.1 Å². The number of rotatable bonds is 13. The fourth-order valence-electron chi connectivity index (χ4n) is 5.65. The van der Waals surface area contributed by atoms with E-state index in [2.05, 4.69) is 11.7 Å². The van der Waals surface area contributed by atoms with E-state index in [1.165, 1.54) is 37.8 Å². The van der Waals surface area contributed by atoms with Crippen LogP contribution in [0.15, 0.2) is 42.5 Å². The predicted molar refractivity (Wildman–Crippen MR) is 148 cm³/mol. The molecular formula is C33H34F8O2. The Morgan fingerprint density at radius 1 is 0.767 bits per heavy atom. The summed E-state index contributed by atoms with van der Waals surface area (Å²) < 4.78 is 124. The molecule has 0 radical (unpaired) electrons. The lowest BCUT2D eigenvalue weighted by Crippen LogP contribution is -2.25. The van der Waals surface area contributed by atoms with Gasteiger partial charge in [0.05, 0.1) is 13.3 Å². The van der Waals surface area contributed by atoms with E-state index in [4.69, 9.17) is 4.74 Å². The molecule has 3 aromatic carbocycles. The van der Waals surface area contributed by atoms with Gasteiger partial charge in [-0.15, -0.1) is 0 Å². The Hall–Kier alpha value is -3.30. The summed E-state index contributed by atoms with van der Waals surface area (Å²) in [5.74, 6) is -8.25. The molecule has 0 heterocycles. The molecule has 0 bridgehead atoms. The molecule has 0 aromatic heterocycles. The summed E-state index contributed by atoms with van der Waals surface area (Å²) in [5, 5.41) is 0. The van der Waals surface area contributed by atoms with Crippen LogP contribution in [0.4, 0.5) is 35.1 Å². The lowest BCUT2D eigenvalue weighted by Gasteiger charge is -2.29. The Morgan fingerprint density at radius 2 is 1.42 bits per heavy atom. The van der Waals surface area contributed by atoms with Crippen molar-refractivity contribution in [3.63, 3.8) is 0 Å². The SMILES string of the molecule is CCCCCC1CCC(c2ccc(-c3cc(F)c(C(F)(F)Oc4cc(F)c(OCCCF)c(F)c4)c(F)c3)c(F)c2)CC1. The van der Waals surface area contributed by atoms with E-state index < -0.39 is 58.9 Å². The number of unbranched alkanes of at least 4 members (excludes halogenated alkanes) is 2. The molecule has 43 heavy (non-hydrogen) atoms. The van der Waals surface area contributed by atoms with Crippen LogP contribution in [0.2, 0.25) is 0 Å². The molecule has 1 fully saturated rings. The standard InChI is InChI=1S/C33H34F8O2/c1-2-3-4-6-20-7-9-21(10-8-20)22-11-12-25(26(35)15-22)23-16-27(36)31(28(37)17-23)33(40,41)43-24-18-29(38)32(30(39)19-24)42-14-5-13-34/h11-12,15-21H,2-10,13-14H2,1H3. The van der Waals surface area contributed by atoms with Crippen LogP contribution < -0.4 is 9.47 Å². The van der Waals surface area contributed by atoms with Gasteiger partial charge in [0.1, 0.15) is 28.8 Å². The highest BCUT2D eigenvalue weighted by molar-refractivity contribution is 5.65. The van der Waals surface area contributed by atoms with E-state index in [9.17, 15) is 30.7 Å². The highest BCUT2D eigenvalue weighted by atomic mass is 19.3. The first kappa shape index (κ1) is 32.6. The number of benzene rings is 3. The Labute approximate surface area is 246 Å². The van der Waals surface area contributed by atoms with Crippen molar-refractivity contribution in [2.45, 2.75) is 76.7 Å². The van der Waals surface area contributed by atoms with Gasteiger partial charge < -0.3 is 9.47 Å². The Kier molecular flexibility index (Phi) is 11.0.